The quantitative estimate of drug-likeness (QED) is 0.699. The summed E-state index contributed by atoms with van der Waals surface area (Å²) in [5.74, 6) is -1.84. The van der Waals surface area contributed by atoms with Gasteiger partial charge in [-0.3, -0.25) is 9.59 Å². The maximum absolute atomic E-state index is 12.9. The fourth-order valence-corrected chi connectivity index (χ4v) is 2.29. The number of nitrogens with zero attached hydrogens (tertiary/aromatic N) is 1. The van der Waals surface area contributed by atoms with Crippen LogP contribution in [0.2, 0.25) is 0 Å². The Morgan fingerprint density at radius 2 is 2.00 bits per heavy atom. The van der Waals surface area contributed by atoms with Crippen molar-refractivity contribution < 1.29 is 31.4 Å². The summed E-state index contributed by atoms with van der Waals surface area (Å²) in [5.41, 5.74) is -1.22. The van der Waals surface area contributed by atoms with Crippen molar-refractivity contribution in [1.82, 2.24) is 15.5 Å². The monoisotopic (exact) mass is 385 g/mol. The Hall–Kier alpha value is -2.58. The van der Waals surface area contributed by atoms with E-state index in [-0.39, 0.29) is 18.2 Å². The van der Waals surface area contributed by atoms with Gasteiger partial charge < -0.3 is 20.1 Å². The molecule has 1 fully saturated rings. The minimum Gasteiger partial charge on any atom is -0.450 e. The van der Waals surface area contributed by atoms with Gasteiger partial charge in [0.05, 0.1) is 6.61 Å². The van der Waals surface area contributed by atoms with E-state index in [2.05, 4.69) is 15.4 Å². The number of carbonyl (C=O) groups excluding carboxylic acids is 4. The second kappa shape index (κ2) is 9.38. The predicted octanol–water partition coefficient (Wildman–Crippen LogP) is 1.92. The lowest BCUT2D eigenvalue weighted by atomic mass is 9.98. The highest BCUT2D eigenvalue weighted by Gasteiger charge is 2.44. The number of nitrogens with one attached hydrogen (secondary N) is 2. The Bertz CT molecular complexity index is 690. The molecular formula is C18H29N3O6. The summed E-state index contributed by atoms with van der Waals surface area (Å²) in [6.45, 7) is 8.48. The largest absolute Gasteiger partial charge is 0.450 e. The highest BCUT2D eigenvalue weighted by Crippen LogP contribution is 2.22. The van der Waals surface area contributed by atoms with Crippen LogP contribution in [-0.2, 0) is 19.1 Å². The highest BCUT2D eigenvalue weighted by atomic mass is 16.6. The molecule has 0 aromatic rings. The van der Waals surface area contributed by atoms with Crippen molar-refractivity contribution in [3.8, 4) is 0 Å². The van der Waals surface area contributed by atoms with Gasteiger partial charge in [0, 0.05) is 9.26 Å². The minimum absolute atomic E-state index is 0.0955. The third-order valence-corrected chi connectivity index (χ3v) is 3.31. The summed E-state index contributed by atoms with van der Waals surface area (Å²) in [5, 5.41) is 4.52. The van der Waals surface area contributed by atoms with Gasteiger partial charge in [0.1, 0.15) is 17.3 Å². The molecule has 0 unspecified atom stereocenters. The van der Waals surface area contributed by atoms with Crippen molar-refractivity contribution in [2.24, 2.45) is 5.92 Å². The van der Waals surface area contributed by atoms with E-state index >= 15 is 0 Å². The fraction of sp³-hybridized carbons (Fsp3) is 0.667. The number of carbonyl (C=O) groups is 4. The molecule has 9 nitrogen and oxygen atoms in total. The molecule has 27 heavy (non-hydrogen) atoms. The van der Waals surface area contributed by atoms with Crippen LogP contribution in [0, 0.1) is 5.92 Å². The number of hydrogen-bond acceptors (Lipinski definition) is 6. The molecule has 1 saturated heterocycles. The maximum Gasteiger partial charge on any atom is 0.418 e. The van der Waals surface area contributed by atoms with Crippen LogP contribution in [0.5, 0.6) is 0 Å². The normalized spacial score (nSPS) is 22.6. The Balaban J connectivity index is 3.13. The van der Waals surface area contributed by atoms with Crippen LogP contribution < -0.4 is 10.6 Å². The molecule has 4 amide bonds. The summed E-state index contributed by atoms with van der Waals surface area (Å²) in [4.78, 5) is 50.1. The van der Waals surface area contributed by atoms with Gasteiger partial charge in [-0.25, -0.2) is 14.5 Å². The fourth-order valence-electron chi connectivity index (χ4n) is 2.29. The standard InChI is InChI=1S/C18H29N3O6/c1-7-26-16(24)19-10-8-9-12-15(23)21(17(25)27-18(4,5)6)13(11(2)3)14(22)20-12/h9,11,13H,7-8,10H2,1-6H3,(H,19,24)(H,20,22)/b12-9-/t13-/m0/s1/i8D,10D/t8-,10-,13+/m1. The number of piperazine rings is 1. The molecule has 0 radical (unpaired) electrons. The number of rotatable bonds is 5. The zero-order valence-electron chi connectivity index (χ0n) is 18.5. The summed E-state index contributed by atoms with van der Waals surface area (Å²) < 4.78 is 25.7. The molecule has 1 aliphatic heterocycles. The van der Waals surface area contributed by atoms with Crippen LogP contribution in [0.15, 0.2) is 11.8 Å². The second-order valence-electron chi connectivity index (χ2n) is 7.14. The molecule has 0 aliphatic carbocycles. The van der Waals surface area contributed by atoms with Gasteiger partial charge in [-0.2, -0.15) is 0 Å². The molecule has 0 bridgehead atoms. The van der Waals surface area contributed by atoms with Crippen molar-refractivity contribution >= 4 is 24.0 Å². The van der Waals surface area contributed by atoms with Crippen molar-refractivity contribution in [2.75, 3.05) is 13.1 Å². The first-order valence-electron chi connectivity index (χ1n) is 9.81. The van der Waals surface area contributed by atoms with Crippen LogP contribution in [0.3, 0.4) is 0 Å². The van der Waals surface area contributed by atoms with Crippen LogP contribution >= 0.6 is 0 Å². The number of imide groups is 1. The molecule has 3 atom stereocenters. The molecule has 0 aromatic carbocycles. The molecule has 9 heteroatoms. The Morgan fingerprint density at radius 3 is 2.52 bits per heavy atom. The van der Waals surface area contributed by atoms with Crippen molar-refractivity contribution in [1.29, 1.82) is 0 Å². The highest BCUT2D eigenvalue weighted by molar-refractivity contribution is 6.11. The summed E-state index contributed by atoms with van der Waals surface area (Å²) in [6.07, 6.45) is -2.26. The van der Waals surface area contributed by atoms with Gasteiger partial charge in [0.2, 0.25) is 5.91 Å². The molecule has 0 aromatic heterocycles. The lowest BCUT2D eigenvalue weighted by molar-refractivity contribution is -0.143. The molecular weight excluding hydrogens is 354 g/mol. The van der Waals surface area contributed by atoms with Gasteiger partial charge in [-0.05, 0) is 40.0 Å². The van der Waals surface area contributed by atoms with E-state index < -0.39 is 48.6 Å². The average molecular weight is 385 g/mol. The molecule has 0 saturated carbocycles. The van der Waals surface area contributed by atoms with Crippen LogP contribution in [0.1, 0.15) is 50.7 Å². The Labute approximate surface area is 162 Å². The van der Waals surface area contributed by atoms with Crippen molar-refractivity contribution in [2.45, 2.75) is 59.6 Å². The number of hydrogen-bond donors (Lipinski definition) is 2. The van der Waals surface area contributed by atoms with Gasteiger partial charge in [-0.1, -0.05) is 19.9 Å². The first-order chi connectivity index (χ1) is 13.3. The van der Waals surface area contributed by atoms with Crippen LogP contribution in [0.25, 0.3) is 0 Å². The summed E-state index contributed by atoms with van der Waals surface area (Å²) in [7, 11) is 0. The first-order valence-corrected chi connectivity index (χ1v) is 8.65. The second-order valence-corrected chi connectivity index (χ2v) is 7.14. The van der Waals surface area contributed by atoms with E-state index in [1.54, 1.807) is 41.5 Å². The van der Waals surface area contributed by atoms with Gasteiger partial charge in [0.15, 0.2) is 0 Å². The lowest BCUT2D eigenvalue weighted by Gasteiger charge is -2.37. The third-order valence-electron chi connectivity index (χ3n) is 3.31. The predicted molar refractivity (Wildman–Crippen MR) is 97.6 cm³/mol. The first kappa shape index (κ1) is 19.2. The van der Waals surface area contributed by atoms with E-state index in [0.29, 0.717) is 0 Å². The Kier molecular flexibility index (Phi) is 6.67. The lowest BCUT2D eigenvalue weighted by Crippen LogP contribution is -2.61. The SMILES string of the molecule is [2H][C@H](/C=C1\NC(=O)[C@H](C(C)C)N(C(=O)OC(C)(C)C)C1=O)[C@@H]([2H])NC(=O)OCC. The van der Waals surface area contributed by atoms with E-state index in [4.69, 9.17) is 7.48 Å². The maximum atomic E-state index is 12.9. The summed E-state index contributed by atoms with van der Waals surface area (Å²) >= 11 is 0. The van der Waals surface area contributed by atoms with Crippen molar-refractivity contribution in [3.05, 3.63) is 11.8 Å². The van der Waals surface area contributed by atoms with Gasteiger partial charge in [0.25, 0.3) is 5.91 Å². The van der Waals surface area contributed by atoms with Crippen LogP contribution in [0.4, 0.5) is 9.59 Å². The smallest absolute Gasteiger partial charge is 0.418 e. The number of amides is 4. The van der Waals surface area contributed by atoms with Crippen molar-refractivity contribution in [3.63, 3.8) is 0 Å². The molecule has 1 rings (SSSR count). The molecule has 1 heterocycles. The summed E-state index contributed by atoms with van der Waals surface area (Å²) in [6, 6.07) is -1.08. The molecule has 1 aliphatic rings. The molecule has 152 valence electrons. The van der Waals surface area contributed by atoms with E-state index in [1.807, 2.05) is 0 Å². The van der Waals surface area contributed by atoms with Crippen LogP contribution in [-0.4, -0.2) is 53.7 Å². The minimum atomic E-state index is -1.45. The Morgan fingerprint density at radius 1 is 1.37 bits per heavy atom. The number of ether oxygens (including phenoxy) is 2. The van der Waals surface area contributed by atoms with Gasteiger partial charge in [-0.15, -0.1) is 0 Å². The zero-order valence-corrected chi connectivity index (χ0v) is 16.5. The third kappa shape index (κ3) is 6.58. The zero-order chi connectivity index (χ0) is 22.5. The number of alkyl carbamates (subject to hydrolysis) is 1. The average Bonchev–Trinajstić information content (AvgIpc) is 2.55. The topological polar surface area (TPSA) is 114 Å². The van der Waals surface area contributed by atoms with E-state index in [9.17, 15) is 19.2 Å². The molecule has 0 spiro atoms. The van der Waals surface area contributed by atoms with E-state index in [1.165, 1.54) is 0 Å². The van der Waals surface area contributed by atoms with Gasteiger partial charge >= 0.3 is 12.2 Å². The molecule has 2 N–H and O–H groups in total. The van der Waals surface area contributed by atoms with E-state index in [0.717, 1.165) is 11.0 Å².